The quantitative estimate of drug-likeness (QED) is 0.838. The molecule has 1 aliphatic heterocycles. The molecular weight excluding hydrogens is 314 g/mol. The molecule has 0 aliphatic carbocycles. The van der Waals surface area contributed by atoms with Crippen molar-refractivity contribution in [3.8, 4) is 11.3 Å². The normalized spacial score (nSPS) is 17.4. The minimum atomic E-state index is 0.282. The number of thiocarbonyl (C=S) groups is 1. The van der Waals surface area contributed by atoms with Crippen molar-refractivity contribution < 1.29 is 4.74 Å². The van der Waals surface area contributed by atoms with Crippen molar-refractivity contribution in [2.24, 2.45) is 0 Å². The molecule has 6 heteroatoms. The number of nitrogens with one attached hydrogen (secondary N) is 2. The van der Waals surface area contributed by atoms with E-state index in [4.69, 9.17) is 17.0 Å². The zero-order valence-electron chi connectivity index (χ0n) is 12.5. The highest BCUT2D eigenvalue weighted by molar-refractivity contribution is 7.80. The van der Waals surface area contributed by atoms with Gasteiger partial charge in [0.25, 0.3) is 0 Å². The van der Waals surface area contributed by atoms with Crippen LogP contribution in [0.25, 0.3) is 11.3 Å². The average Bonchev–Trinajstić information content (AvgIpc) is 3.17. The first-order valence-electron chi connectivity index (χ1n) is 7.40. The van der Waals surface area contributed by atoms with Crippen LogP contribution < -0.4 is 10.6 Å². The zero-order chi connectivity index (χ0) is 15.4. The van der Waals surface area contributed by atoms with Gasteiger partial charge in [0, 0.05) is 29.8 Å². The number of thiazole rings is 1. The summed E-state index contributed by atoms with van der Waals surface area (Å²) < 4.78 is 5.58. The Labute approximate surface area is 139 Å². The van der Waals surface area contributed by atoms with E-state index in [2.05, 4.69) is 33.1 Å². The van der Waals surface area contributed by atoms with Crippen molar-refractivity contribution in [2.45, 2.75) is 25.9 Å². The Kier molecular flexibility index (Phi) is 5.02. The van der Waals surface area contributed by atoms with Crippen LogP contribution in [-0.4, -0.2) is 29.4 Å². The van der Waals surface area contributed by atoms with Crippen LogP contribution in [-0.2, 0) is 4.74 Å². The van der Waals surface area contributed by atoms with E-state index >= 15 is 0 Å². The van der Waals surface area contributed by atoms with Gasteiger partial charge < -0.3 is 15.4 Å². The molecule has 0 spiro atoms. The van der Waals surface area contributed by atoms with E-state index in [1.165, 1.54) is 0 Å². The molecule has 1 aromatic carbocycles. The Morgan fingerprint density at radius 1 is 1.50 bits per heavy atom. The largest absolute Gasteiger partial charge is 0.376 e. The second kappa shape index (κ2) is 7.17. The van der Waals surface area contributed by atoms with Crippen LogP contribution >= 0.6 is 23.6 Å². The van der Waals surface area contributed by atoms with Crippen molar-refractivity contribution in [3.63, 3.8) is 0 Å². The summed E-state index contributed by atoms with van der Waals surface area (Å²) in [6.45, 7) is 3.64. The third-order valence-corrected chi connectivity index (χ3v) is 4.57. The van der Waals surface area contributed by atoms with Gasteiger partial charge in [0.05, 0.1) is 16.8 Å². The topological polar surface area (TPSA) is 46.2 Å². The van der Waals surface area contributed by atoms with Crippen molar-refractivity contribution in [2.75, 3.05) is 18.5 Å². The van der Waals surface area contributed by atoms with Gasteiger partial charge in [0.1, 0.15) is 0 Å². The Hall–Kier alpha value is -1.50. The van der Waals surface area contributed by atoms with E-state index in [0.29, 0.717) is 5.11 Å². The Bertz CT molecular complexity index is 650. The zero-order valence-corrected chi connectivity index (χ0v) is 14.1. The van der Waals surface area contributed by atoms with Gasteiger partial charge in [-0.2, -0.15) is 0 Å². The summed E-state index contributed by atoms with van der Waals surface area (Å²) in [5.74, 6) is 0. The molecular formula is C16H19N3OS2. The molecule has 3 rings (SSSR count). The number of nitrogens with zero attached hydrogens (tertiary/aromatic N) is 1. The maximum atomic E-state index is 5.58. The Balaban J connectivity index is 1.58. The molecule has 1 aromatic heterocycles. The number of hydrogen-bond donors (Lipinski definition) is 2. The maximum Gasteiger partial charge on any atom is 0.170 e. The fourth-order valence-electron chi connectivity index (χ4n) is 2.44. The van der Waals surface area contributed by atoms with Gasteiger partial charge in [0.2, 0.25) is 0 Å². The second-order valence-electron chi connectivity index (χ2n) is 5.30. The molecule has 2 aromatic rings. The maximum absolute atomic E-state index is 5.58. The molecule has 0 radical (unpaired) electrons. The molecule has 1 saturated heterocycles. The first kappa shape index (κ1) is 15.4. The first-order chi connectivity index (χ1) is 10.7. The molecule has 1 unspecified atom stereocenters. The van der Waals surface area contributed by atoms with Crippen LogP contribution in [0.3, 0.4) is 0 Å². The summed E-state index contributed by atoms with van der Waals surface area (Å²) in [7, 11) is 0. The summed E-state index contributed by atoms with van der Waals surface area (Å²) in [6.07, 6.45) is 2.53. The summed E-state index contributed by atoms with van der Waals surface area (Å²) >= 11 is 7.00. The molecule has 0 amide bonds. The number of ether oxygens (including phenoxy) is 1. The monoisotopic (exact) mass is 333 g/mol. The lowest BCUT2D eigenvalue weighted by Crippen LogP contribution is -2.34. The van der Waals surface area contributed by atoms with Crippen LogP contribution in [0.15, 0.2) is 29.6 Å². The number of aromatic nitrogens is 1. The highest BCUT2D eigenvalue weighted by Crippen LogP contribution is 2.24. The summed E-state index contributed by atoms with van der Waals surface area (Å²) in [5.41, 5.74) is 3.06. The SMILES string of the molecule is Cc1nc(-c2cccc(NC(=S)NCC3CCCO3)c2)cs1. The summed E-state index contributed by atoms with van der Waals surface area (Å²) in [6, 6.07) is 8.13. The Morgan fingerprint density at radius 3 is 3.14 bits per heavy atom. The minimum absolute atomic E-state index is 0.282. The third kappa shape index (κ3) is 4.03. The lowest BCUT2D eigenvalue weighted by molar-refractivity contribution is 0.114. The third-order valence-electron chi connectivity index (χ3n) is 3.55. The number of rotatable bonds is 4. The smallest absolute Gasteiger partial charge is 0.170 e. The molecule has 1 aliphatic rings. The summed E-state index contributed by atoms with van der Waals surface area (Å²) in [4.78, 5) is 4.52. The summed E-state index contributed by atoms with van der Waals surface area (Å²) in [5, 5.41) is 10.2. The molecule has 2 heterocycles. The van der Waals surface area contributed by atoms with E-state index in [1.54, 1.807) is 11.3 Å². The average molecular weight is 333 g/mol. The van der Waals surface area contributed by atoms with Crippen LogP contribution in [0, 0.1) is 6.92 Å². The van der Waals surface area contributed by atoms with E-state index in [9.17, 15) is 0 Å². The Morgan fingerprint density at radius 2 is 2.41 bits per heavy atom. The molecule has 2 N–H and O–H groups in total. The van der Waals surface area contributed by atoms with Crippen molar-refractivity contribution in [1.82, 2.24) is 10.3 Å². The van der Waals surface area contributed by atoms with Crippen LogP contribution in [0.4, 0.5) is 5.69 Å². The van der Waals surface area contributed by atoms with Crippen LogP contribution in [0.1, 0.15) is 17.8 Å². The highest BCUT2D eigenvalue weighted by atomic mass is 32.1. The van der Waals surface area contributed by atoms with Gasteiger partial charge in [-0.3, -0.25) is 0 Å². The first-order valence-corrected chi connectivity index (χ1v) is 8.68. The van der Waals surface area contributed by atoms with Crippen molar-refractivity contribution in [3.05, 3.63) is 34.7 Å². The van der Waals surface area contributed by atoms with Gasteiger partial charge in [-0.1, -0.05) is 12.1 Å². The number of aryl methyl sites for hydroxylation is 1. The van der Waals surface area contributed by atoms with Gasteiger partial charge >= 0.3 is 0 Å². The number of benzene rings is 1. The molecule has 0 bridgehead atoms. The van der Waals surface area contributed by atoms with E-state index < -0.39 is 0 Å². The van der Waals surface area contributed by atoms with Crippen LogP contribution in [0.2, 0.25) is 0 Å². The number of hydrogen-bond acceptors (Lipinski definition) is 4. The minimum Gasteiger partial charge on any atom is -0.376 e. The standard InChI is InChI=1S/C16H19N3OS2/c1-11-18-15(10-22-11)12-4-2-5-13(8-12)19-16(21)17-9-14-6-3-7-20-14/h2,4-5,8,10,14H,3,6-7,9H2,1H3,(H2,17,19,21). The van der Waals surface area contributed by atoms with Gasteiger partial charge in [-0.25, -0.2) is 4.98 Å². The van der Waals surface area contributed by atoms with Gasteiger partial charge in [-0.05, 0) is 44.1 Å². The second-order valence-corrected chi connectivity index (χ2v) is 6.77. The molecule has 0 saturated carbocycles. The van der Waals surface area contributed by atoms with E-state index in [1.807, 2.05) is 19.1 Å². The molecule has 4 nitrogen and oxygen atoms in total. The van der Waals surface area contributed by atoms with Gasteiger partial charge in [0.15, 0.2) is 5.11 Å². The predicted octanol–water partition coefficient (Wildman–Crippen LogP) is 3.58. The van der Waals surface area contributed by atoms with E-state index in [-0.39, 0.29) is 6.10 Å². The van der Waals surface area contributed by atoms with Crippen molar-refractivity contribution >= 4 is 34.4 Å². The molecule has 22 heavy (non-hydrogen) atoms. The fraction of sp³-hybridized carbons (Fsp3) is 0.375. The number of anilines is 1. The molecule has 116 valence electrons. The predicted molar refractivity (Wildman–Crippen MR) is 95.5 cm³/mol. The van der Waals surface area contributed by atoms with Crippen LogP contribution in [0.5, 0.6) is 0 Å². The molecule has 1 fully saturated rings. The fourth-order valence-corrected chi connectivity index (χ4v) is 3.26. The van der Waals surface area contributed by atoms with Gasteiger partial charge in [-0.15, -0.1) is 11.3 Å². The highest BCUT2D eigenvalue weighted by Gasteiger charge is 2.15. The molecule has 1 atom stereocenters. The lowest BCUT2D eigenvalue weighted by atomic mass is 10.1. The van der Waals surface area contributed by atoms with Crippen molar-refractivity contribution in [1.29, 1.82) is 0 Å². The lowest BCUT2D eigenvalue weighted by Gasteiger charge is -2.14. The van der Waals surface area contributed by atoms with E-state index in [0.717, 1.165) is 47.9 Å².